The van der Waals surface area contributed by atoms with E-state index >= 15 is 0 Å². The SMILES string of the molecule is Nc1ccc([N+](=O)[O-])c(Oc2cncc(Cl)c2)n1. The number of pyridine rings is 2. The number of halogens is 1. The second-order valence-electron chi connectivity index (χ2n) is 3.26. The Balaban J connectivity index is 2.39. The number of nitro groups is 1. The first kappa shape index (κ1) is 12.1. The molecule has 7 nitrogen and oxygen atoms in total. The predicted octanol–water partition coefficient (Wildman–Crippen LogP) is 2.41. The summed E-state index contributed by atoms with van der Waals surface area (Å²) in [6.45, 7) is 0. The van der Waals surface area contributed by atoms with Gasteiger partial charge in [-0.15, -0.1) is 0 Å². The minimum atomic E-state index is -0.611. The summed E-state index contributed by atoms with van der Waals surface area (Å²) in [5, 5.41) is 11.1. The smallest absolute Gasteiger partial charge is 0.331 e. The van der Waals surface area contributed by atoms with Crippen molar-refractivity contribution in [2.75, 3.05) is 5.73 Å². The molecule has 0 spiro atoms. The van der Waals surface area contributed by atoms with Crippen LogP contribution in [0.5, 0.6) is 11.6 Å². The van der Waals surface area contributed by atoms with Crippen molar-refractivity contribution in [3.8, 4) is 11.6 Å². The van der Waals surface area contributed by atoms with Crippen LogP contribution < -0.4 is 10.5 Å². The third kappa shape index (κ3) is 2.64. The highest BCUT2D eigenvalue weighted by Gasteiger charge is 2.18. The largest absolute Gasteiger partial charge is 0.432 e. The van der Waals surface area contributed by atoms with E-state index in [0.29, 0.717) is 5.02 Å². The number of rotatable bonds is 3. The Hall–Kier alpha value is -2.41. The van der Waals surface area contributed by atoms with Crippen molar-refractivity contribution in [3.05, 3.63) is 45.7 Å². The van der Waals surface area contributed by atoms with Crippen LogP contribution in [0.2, 0.25) is 5.02 Å². The molecule has 0 aliphatic carbocycles. The van der Waals surface area contributed by atoms with Crippen LogP contribution in [-0.4, -0.2) is 14.9 Å². The summed E-state index contributed by atoms with van der Waals surface area (Å²) in [6, 6.07) is 4.00. The molecule has 0 unspecified atom stereocenters. The molecule has 0 bridgehead atoms. The summed E-state index contributed by atoms with van der Waals surface area (Å²) >= 11 is 5.72. The topological polar surface area (TPSA) is 104 Å². The molecule has 2 aromatic heterocycles. The summed E-state index contributed by atoms with van der Waals surface area (Å²) in [7, 11) is 0. The Morgan fingerprint density at radius 2 is 2.17 bits per heavy atom. The molecule has 0 aliphatic heterocycles. The van der Waals surface area contributed by atoms with E-state index in [-0.39, 0.29) is 23.1 Å². The normalized spacial score (nSPS) is 10.1. The summed E-state index contributed by atoms with van der Waals surface area (Å²) in [5.74, 6) is 0.151. The second kappa shape index (κ2) is 4.84. The van der Waals surface area contributed by atoms with E-state index in [4.69, 9.17) is 22.1 Å². The van der Waals surface area contributed by atoms with Gasteiger partial charge >= 0.3 is 11.6 Å². The Kier molecular flexibility index (Phi) is 3.24. The molecule has 2 heterocycles. The fraction of sp³-hybridized carbons (Fsp3) is 0. The lowest BCUT2D eigenvalue weighted by Gasteiger charge is -2.05. The van der Waals surface area contributed by atoms with Gasteiger partial charge in [-0.3, -0.25) is 15.1 Å². The number of hydrogen-bond acceptors (Lipinski definition) is 6. The third-order valence-corrected chi connectivity index (χ3v) is 2.16. The third-order valence-electron chi connectivity index (χ3n) is 1.95. The van der Waals surface area contributed by atoms with Gasteiger partial charge in [-0.1, -0.05) is 11.6 Å². The van der Waals surface area contributed by atoms with E-state index in [1.165, 1.54) is 30.6 Å². The molecule has 0 aliphatic rings. The van der Waals surface area contributed by atoms with Gasteiger partial charge in [-0.2, -0.15) is 4.98 Å². The Morgan fingerprint density at radius 1 is 1.39 bits per heavy atom. The van der Waals surface area contributed by atoms with Crippen LogP contribution in [0.3, 0.4) is 0 Å². The van der Waals surface area contributed by atoms with Gasteiger partial charge in [0.1, 0.15) is 11.6 Å². The second-order valence-corrected chi connectivity index (χ2v) is 3.69. The maximum Gasteiger partial charge on any atom is 0.331 e. The summed E-state index contributed by atoms with van der Waals surface area (Å²) in [4.78, 5) is 17.7. The first-order valence-electron chi connectivity index (χ1n) is 4.75. The molecule has 2 aromatic rings. The van der Waals surface area contributed by atoms with Gasteiger partial charge in [0.2, 0.25) is 0 Å². The van der Waals surface area contributed by atoms with Crippen LogP contribution in [0.25, 0.3) is 0 Å². The van der Waals surface area contributed by atoms with E-state index in [0.717, 1.165) is 0 Å². The van der Waals surface area contributed by atoms with Crippen LogP contribution in [0, 0.1) is 10.1 Å². The zero-order valence-electron chi connectivity index (χ0n) is 8.91. The highest BCUT2D eigenvalue weighted by atomic mass is 35.5. The molecule has 8 heteroatoms. The number of ether oxygens (including phenoxy) is 1. The summed E-state index contributed by atoms with van der Waals surface area (Å²) < 4.78 is 5.25. The fourth-order valence-electron chi connectivity index (χ4n) is 1.22. The zero-order valence-corrected chi connectivity index (χ0v) is 9.66. The van der Waals surface area contributed by atoms with Crippen molar-refractivity contribution in [3.63, 3.8) is 0 Å². The van der Waals surface area contributed by atoms with E-state index in [9.17, 15) is 10.1 Å². The van der Waals surface area contributed by atoms with Gasteiger partial charge in [0.25, 0.3) is 0 Å². The number of anilines is 1. The van der Waals surface area contributed by atoms with Crippen LogP contribution in [0.1, 0.15) is 0 Å². The monoisotopic (exact) mass is 266 g/mol. The first-order valence-corrected chi connectivity index (χ1v) is 5.13. The molecule has 0 saturated heterocycles. The lowest BCUT2D eigenvalue weighted by atomic mass is 10.4. The zero-order chi connectivity index (χ0) is 13.1. The molecule has 0 aromatic carbocycles. The fourth-order valence-corrected chi connectivity index (χ4v) is 1.39. The van der Waals surface area contributed by atoms with Gasteiger partial charge in [-0.05, 0) is 6.07 Å². The van der Waals surface area contributed by atoms with Crippen molar-refractivity contribution in [2.45, 2.75) is 0 Å². The molecule has 18 heavy (non-hydrogen) atoms. The Labute approximate surface area is 106 Å². The molecule has 2 rings (SSSR count). The number of aromatic nitrogens is 2. The Bertz CT molecular complexity index is 605. The van der Waals surface area contributed by atoms with Crippen molar-refractivity contribution >= 4 is 23.1 Å². The standard InChI is InChI=1S/C10H7ClN4O3/c11-6-3-7(5-13-4-6)18-10-8(15(16)17)1-2-9(12)14-10/h1-5H,(H2,12,14). The molecule has 0 fully saturated rings. The highest BCUT2D eigenvalue weighted by molar-refractivity contribution is 6.30. The lowest BCUT2D eigenvalue weighted by Crippen LogP contribution is -1.99. The quantitative estimate of drug-likeness (QED) is 0.676. The highest BCUT2D eigenvalue weighted by Crippen LogP contribution is 2.30. The van der Waals surface area contributed by atoms with Crippen LogP contribution in [0.15, 0.2) is 30.6 Å². The average molecular weight is 267 g/mol. The van der Waals surface area contributed by atoms with Gasteiger partial charge in [0, 0.05) is 18.3 Å². The van der Waals surface area contributed by atoms with Crippen molar-refractivity contribution in [1.29, 1.82) is 0 Å². The maximum absolute atomic E-state index is 10.8. The summed E-state index contributed by atoms with van der Waals surface area (Å²) in [6.07, 6.45) is 2.77. The van der Waals surface area contributed by atoms with E-state index in [2.05, 4.69) is 9.97 Å². The van der Waals surface area contributed by atoms with Gasteiger partial charge in [0.15, 0.2) is 0 Å². The average Bonchev–Trinajstić information content (AvgIpc) is 2.28. The van der Waals surface area contributed by atoms with E-state index in [1.54, 1.807) is 0 Å². The number of hydrogen-bond donors (Lipinski definition) is 1. The minimum Gasteiger partial charge on any atom is -0.432 e. The molecular weight excluding hydrogens is 260 g/mol. The first-order chi connectivity index (χ1) is 8.56. The minimum absolute atomic E-state index is 0.116. The molecule has 92 valence electrons. The lowest BCUT2D eigenvalue weighted by molar-refractivity contribution is -0.386. The molecule has 0 radical (unpaired) electrons. The van der Waals surface area contributed by atoms with Crippen molar-refractivity contribution < 1.29 is 9.66 Å². The Morgan fingerprint density at radius 3 is 2.83 bits per heavy atom. The molecular formula is C10H7ClN4O3. The molecule has 0 amide bonds. The molecule has 0 atom stereocenters. The number of nitrogens with two attached hydrogens (primary N) is 1. The van der Waals surface area contributed by atoms with Crippen LogP contribution in [-0.2, 0) is 0 Å². The van der Waals surface area contributed by atoms with Gasteiger partial charge in [0.05, 0.1) is 16.1 Å². The van der Waals surface area contributed by atoms with Gasteiger partial charge in [-0.25, -0.2) is 0 Å². The van der Waals surface area contributed by atoms with Crippen LogP contribution in [0.4, 0.5) is 11.5 Å². The number of nitrogen functional groups attached to an aromatic ring is 1. The number of nitrogens with zero attached hydrogens (tertiary/aromatic N) is 3. The van der Waals surface area contributed by atoms with Gasteiger partial charge < -0.3 is 10.5 Å². The predicted molar refractivity (Wildman–Crippen MR) is 64.6 cm³/mol. The van der Waals surface area contributed by atoms with E-state index < -0.39 is 4.92 Å². The van der Waals surface area contributed by atoms with E-state index in [1.807, 2.05) is 0 Å². The molecule has 2 N–H and O–H groups in total. The van der Waals surface area contributed by atoms with Crippen LogP contribution >= 0.6 is 11.6 Å². The molecule has 0 saturated carbocycles. The van der Waals surface area contributed by atoms with Crippen molar-refractivity contribution in [2.24, 2.45) is 0 Å². The maximum atomic E-state index is 10.8. The summed E-state index contributed by atoms with van der Waals surface area (Å²) in [5.41, 5.74) is 5.17. The van der Waals surface area contributed by atoms with Crippen molar-refractivity contribution in [1.82, 2.24) is 9.97 Å².